The Labute approximate surface area is 172 Å². The number of nitrogens with zero attached hydrogens (tertiary/aromatic N) is 6. The average Bonchev–Trinajstić information content (AvgIpc) is 3.15. The van der Waals surface area contributed by atoms with E-state index in [1.165, 1.54) is 16.8 Å². The Morgan fingerprint density at radius 2 is 1.83 bits per heavy atom. The monoisotopic (exact) mass is 441 g/mol. The minimum Gasteiger partial charge on any atom is -0.288 e. The van der Waals surface area contributed by atoms with Crippen molar-refractivity contribution in [3.63, 3.8) is 0 Å². The van der Waals surface area contributed by atoms with E-state index in [4.69, 9.17) is 11.6 Å². The number of alkyl halides is 3. The number of aromatic nitrogens is 6. The highest BCUT2D eigenvalue weighted by molar-refractivity contribution is 6.36. The lowest BCUT2D eigenvalue weighted by Crippen LogP contribution is -2.29. The summed E-state index contributed by atoms with van der Waals surface area (Å²) in [7, 11) is 0. The predicted octanol–water partition coefficient (Wildman–Crippen LogP) is 2.86. The molecule has 158 valence electrons. The van der Waals surface area contributed by atoms with Crippen molar-refractivity contribution in [2.24, 2.45) is 0 Å². The first-order valence-electron chi connectivity index (χ1n) is 8.73. The van der Waals surface area contributed by atoms with E-state index in [0.29, 0.717) is 6.54 Å². The van der Waals surface area contributed by atoms with Crippen LogP contribution in [0.4, 0.5) is 19.1 Å². The highest BCUT2D eigenvalue weighted by atomic mass is 35.5. The number of benzene rings is 1. The van der Waals surface area contributed by atoms with Crippen LogP contribution in [-0.4, -0.2) is 35.9 Å². The van der Waals surface area contributed by atoms with Crippen LogP contribution in [0.1, 0.15) is 29.9 Å². The van der Waals surface area contributed by atoms with Gasteiger partial charge in [0.2, 0.25) is 5.95 Å². The highest BCUT2D eigenvalue weighted by Crippen LogP contribution is 2.38. The maximum atomic E-state index is 13.5. The van der Waals surface area contributed by atoms with Gasteiger partial charge in [-0.05, 0) is 30.3 Å². The van der Waals surface area contributed by atoms with Gasteiger partial charge in [-0.15, -0.1) is 0 Å². The molecule has 0 spiro atoms. The summed E-state index contributed by atoms with van der Waals surface area (Å²) in [5.41, 5.74) is -3.26. The largest absolute Gasteiger partial charge is 0.417 e. The summed E-state index contributed by atoms with van der Waals surface area (Å²) in [5.74, 6) is -0.885. The van der Waals surface area contributed by atoms with E-state index < -0.39 is 45.0 Å². The van der Waals surface area contributed by atoms with Crippen LogP contribution < -0.4 is 10.9 Å². The van der Waals surface area contributed by atoms with Crippen LogP contribution in [0.15, 0.2) is 29.1 Å². The van der Waals surface area contributed by atoms with E-state index in [1.54, 1.807) is 13.8 Å². The van der Waals surface area contributed by atoms with E-state index in [0.717, 1.165) is 16.8 Å². The number of halogens is 4. The topological polar surface area (TPSA) is 108 Å². The SMILES string of the molecule is CCn1nnnc1NC(=O)c1nn(CC)c(=O)c(-c2ccccc2C(F)(F)F)c1Cl. The molecule has 0 aliphatic heterocycles. The Kier molecular flexibility index (Phi) is 5.87. The van der Waals surface area contributed by atoms with Gasteiger partial charge in [0.15, 0.2) is 5.69 Å². The summed E-state index contributed by atoms with van der Waals surface area (Å²) < 4.78 is 42.7. The molecule has 3 aromatic rings. The molecule has 0 saturated carbocycles. The van der Waals surface area contributed by atoms with Crippen LogP contribution in [-0.2, 0) is 19.3 Å². The Balaban J connectivity index is 2.20. The number of hydrogen-bond acceptors (Lipinski definition) is 6. The van der Waals surface area contributed by atoms with Gasteiger partial charge in [0, 0.05) is 18.7 Å². The molecule has 0 aliphatic rings. The molecule has 13 heteroatoms. The highest BCUT2D eigenvalue weighted by Gasteiger charge is 2.35. The van der Waals surface area contributed by atoms with Gasteiger partial charge in [0.1, 0.15) is 0 Å². The molecule has 0 radical (unpaired) electrons. The molecule has 3 rings (SSSR count). The van der Waals surface area contributed by atoms with Crippen molar-refractivity contribution in [2.75, 3.05) is 5.32 Å². The third kappa shape index (κ3) is 3.90. The first-order chi connectivity index (χ1) is 14.2. The summed E-state index contributed by atoms with van der Waals surface area (Å²) in [4.78, 5) is 25.5. The number of hydrogen-bond donors (Lipinski definition) is 1. The molecule has 0 atom stereocenters. The van der Waals surface area contributed by atoms with Crippen molar-refractivity contribution in [2.45, 2.75) is 33.1 Å². The fraction of sp³-hybridized carbons (Fsp3) is 0.294. The van der Waals surface area contributed by atoms with Gasteiger partial charge in [-0.3, -0.25) is 14.9 Å². The van der Waals surface area contributed by atoms with Gasteiger partial charge in [-0.25, -0.2) is 9.36 Å². The zero-order chi connectivity index (χ0) is 22.1. The van der Waals surface area contributed by atoms with Gasteiger partial charge >= 0.3 is 6.18 Å². The lowest BCUT2D eigenvalue weighted by atomic mass is 10.00. The molecule has 2 heterocycles. The number of amides is 1. The number of nitrogens with one attached hydrogen (secondary N) is 1. The summed E-state index contributed by atoms with van der Waals surface area (Å²) in [5, 5.41) is 16.5. The zero-order valence-electron chi connectivity index (χ0n) is 15.7. The quantitative estimate of drug-likeness (QED) is 0.652. The van der Waals surface area contributed by atoms with Crippen molar-refractivity contribution < 1.29 is 18.0 Å². The maximum Gasteiger partial charge on any atom is 0.417 e. The Morgan fingerprint density at radius 3 is 2.47 bits per heavy atom. The molecule has 0 saturated heterocycles. The molecule has 1 aromatic carbocycles. The van der Waals surface area contributed by atoms with Crippen molar-refractivity contribution in [3.05, 3.63) is 50.9 Å². The molecule has 0 fully saturated rings. The minimum atomic E-state index is -4.74. The van der Waals surface area contributed by atoms with E-state index in [-0.39, 0.29) is 12.5 Å². The third-order valence-electron chi connectivity index (χ3n) is 4.17. The third-order valence-corrected chi connectivity index (χ3v) is 4.54. The average molecular weight is 442 g/mol. The molecule has 0 aliphatic carbocycles. The van der Waals surface area contributed by atoms with E-state index in [9.17, 15) is 22.8 Å². The lowest BCUT2D eigenvalue weighted by molar-refractivity contribution is -0.137. The van der Waals surface area contributed by atoms with Crippen LogP contribution in [0.2, 0.25) is 5.02 Å². The van der Waals surface area contributed by atoms with E-state index in [2.05, 4.69) is 25.9 Å². The van der Waals surface area contributed by atoms with Crippen LogP contribution in [0.25, 0.3) is 11.1 Å². The van der Waals surface area contributed by atoms with Crippen molar-refractivity contribution in [1.29, 1.82) is 0 Å². The Hall–Kier alpha value is -3.28. The molecule has 9 nitrogen and oxygen atoms in total. The second-order valence-corrected chi connectivity index (χ2v) is 6.35. The molecule has 30 heavy (non-hydrogen) atoms. The van der Waals surface area contributed by atoms with E-state index >= 15 is 0 Å². The standard InChI is InChI=1S/C17H15ClF3N7O2/c1-3-27-15(30)11(9-7-5-6-8-10(9)17(19,20)21)12(18)13(24-27)14(29)22-16-23-25-26-28(16)4-2/h5-8H,3-4H2,1-2H3,(H,22,23,26,29). The number of tetrazole rings is 1. The van der Waals surface area contributed by atoms with Crippen LogP contribution in [0.5, 0.6) is 0 Å². The fourth-order valence-electron chi connectivity index (χ4n) is 2.76. The first kappa shape index (κ1) is 21.4. The second kappa shape index (κ2) is 8.22. The number of aryl methyl sites for hydroxylation is 2. The van der Waals surface area contributed by atoms with Gasteiger partial charge in [-0.2, -0.15) is 18.3 Å². The van der Waals surface area contributed by atoms with Crippen molar-refractivity contribution in [3.8, 4) is 11.1 Å². The van der Waals surface area contributed by atoms with Gasteiger partial charge in [0.25, 0.3) is 11.5 Å². The summed E-state index contributed by atoms with van der Waals surface area (Å²) in [6.07, 6.45) is -4.74. The maximum absolute atomic E-state index is 13.5. The Morgan fingerprint density at radius 1 is 1.17 bits per heavy atom. The van der Waals surface area contributed by atoms with Crippen molar-refractivity contribution in [1.82, 2.24) is 30.0 Å². The summed E-state index contributed by atoms with van der Waals surface area (Å²) in [6, 6.07) is 4.48. The lowest BCUT2D eigenvalue weighted by Gasteiger charge is -2.16. The molecule has 2 aromatic heterocycles. The number of anilines is 1. The van der Waals surface area contributed by atoms with Crippen LogP contribution in [0, 0.1) is 0 Å². The van der Waals surface area contributed by atoms with Crippen molar-refractivity contribution >= 4 is 23.5 Å². The second-order valence-electron chi connectivity index (χ2n) is 5.97. The Bertz CT molecular complexity index is 1160. The van der Waals surface area contributed by atoms with Gasteiger partial charge in [0.05, 0.1) is 16.1 Å². The van der Waals surface area contributed by atoms with Crippen LogP contribution in [0.3, 0.4) is 0 Å². The normalized spacial score (nSPS) is 11.5. The fourth-order valence-corrected chi connectivity index (χ4v) is 3.07. The molecule has 0 unspecified atom stereocenters. The number of carbonyl (C=O) groups excluding carboxylic acids is 1. The number of rotatable bonds is 5. The van der Waals surface area contributed by atoms with E-state index in [1.807, 2.05) is 0 Å². The first-order valence-corrected chi connectivity index (χ1v) is 9.11. The van der Waals surface area contributed by atoms with Gasteiger partial charge < -0.3 is 0 Å². The predicted molar refractivity (Wildman–Crippen MR) is 101 cm³/mol. The summed E-state index contributed by atoms with van der Waals surface area (Å²) in [6.45, 7) is 3.65. The molecular formula is C17H15ClF3N7O2. The smallest absolute Gasteiger partial charge is 0.288 e. The molecule has 1 amide bonds. The molecule has 1 N–H and O–H groups in total. The summed E-state index contributed by atoms with van der Waals surface area (Å²) >= 11 is 6.25. The number of carbonyl (C=O) groups is 1. The molecular weight excluding hydrogens is 427 g/mol. The van der Waals surface area contributed by atoms with Gasteiger partial charge in [-0.1, -0.05) is 34.9 Å². The molecule has 0 bridgehead atoms. The zero-order valence-corrected chi connectivity index (χ0v) is 16.5. The van der Waals surface area contributed by atoms with Crippen LogP contribution >= 0.6 is 11.6 Å². The minimum absolute atomic E-state index is 0.00413.